The van der Waals surface area contributed by atoms with Gasteiger partial charge in [-0.1, -0.05) is 24.6 Å². The molecule has 4 rings (SSSR count). The Hall–Kier alpha value is -3.08. The van der Waals surface area contributed by atoms with E-state index in [0.29, 0.717) is 17.2 Å². The largest absolute Gasteiger partial charge is 0.452 e. The van der Waals surface area contributed by atoms with Gasteiger partial charge >= 0.3 is 5.97 Å². The number of aromatic amines is 1. The van der Waals surface area contributed by atoms with Gasteiger partial charge in [0.15, 0.2) is 6.61 Å². The molecule has 5 heteroatoms. The van der Waals surface area contributed by atoms with Gasteiger partial charge in [-0.15, -0.1) is 0 Å². The lowest BCUT2D eigenvalue weighted by atomic mass is 9.87. The summed E-state index contributed by atoms with van der Waals surface area (Å²) in [5, 5.41) is 3.81. The van der Waals surface area contributed by atoms with E-state index < -0.39 is 5.97 Å². The molecule has 1 aliphatic carbocycles. The maximum absolute atomic E-state index is 12.4. The zero-order chi connectivity index (χ0) is 19.7. The first kappa shape index (κ1) is 18.3. The SMILES string of the molecule is Cc1ccc(NC(=O)COC(=O)c2ccc3[nH]c4c(c3c2)C[C@H](C)CC4)cc1. The highest BCUT2D eigenvalue weighted by molar-refractivity contribution is 5.98. The Balaban J connectivity index is 1.43. The number of aromatic nitrogens is 1. The summed E-state index contributed by atoms with van der Waals surface area (Å²) < 4.78 is 5.22. The number of H-pyrrole nitrogens is 1. The average Bonchev–Trinajstić information content (AvgIpc) is 3.05. The Morgan fingerprint density at radius 1 is 1.18 bits per heavy atom. The van der Waals surface area contributed by atoms with Gasteiger partial charge in [0.05, 0.1) is 5.56 Å². The van der Waals surface area contributed by atoms with Crippen molar-refractivity contribution in [2.75, 3.05) is 11.9 Å². The Labute approximate surface area is 164 Å². The lowest BCUT2D eigenvalue weighted by molar-refractivity contribution is -0.119. The van der Waals surface area contributed by atoms with Crippen LogP contribution in [-0.2, 0) is 22.4 Å². The Kier molecular flexibility index (Phi) is 4.90. The molecule has 1 atom stereocenters. The fourth-order valence-corrected chi connectivity index (χ4v) is 3.77. The topological polar surface area (TPSA) is 71.2 Å². The maximum atomic E-state index is 12.4. The van der Waals surface area contributed by atoms with Gasteiger partial charge in [-0.3, -0.25) is 4.79 Å². The fraction of sp³-hybridized carbons (Fsp3) is 0.304. The van der Waals surface area contributed by atoms with E-state index in [9.17, 15) is 9.59 Å². The predicted molar refractivity (Wildman–Crippen MR) is 110 cm³/mol. The molecular weight excluding hydrogens is 352 g/mol. The molecule has 2 N–H and O–H groups in total. The van der Waals surface area contributed by atoms with E-state index in [1.807, 2.05) is 43.3 Å². The van der Waals surface area contributed by atoms with Gasteiger partial charge in [0.1, 0.15) is 0 Å². The molecule has 0 aliphatic heterocycles. The van der Waals surface area contributed by atoms with Gasteiger partial charge in [-0.25, -0.2) is 4.79 Å². The number of hydrogen-bond donors (Lipinski definition) is 2. The first-order valence-corrected chi connectivity index (χ1v) is 9.66. The van der Waals surface area contributed by atoms with Gasteiger partial charge in [0, 0.05) is 22.3 Å². The van der Waals surface area contributed by atoms with Gasteiger partial charge in [-0.05, 0) is 68.0 Å². The number of carbonyl (C=O) groups is 2. The molecule has 1 aromatic heterocycles. The van der Waals surface area contributed by atoms with Crippen LogP contribution in [-0.4, -0.2) is 23.5 Å². The third-order valence-corrected chi connectivity index (χ3v) is 5.34. The molecule has 0 radical (unpaired) electrons. The highest BCUT2D eigenvalue weighted by Gasteiger charge is 2.21. The molecule has 144 valence electrons. The highest BCUT2D eigenvalue weighted by Crippen LogP contribution is 2.32. The van der Waals surface area contributed by atoms with Crippen molar-refractivity contribution in [1.82, 2.24) is 4.98 Å². The van der Waals surface area contributed by atoms with Crippen LogP contribution in [0.2, 0.25) is 0 Å². The van der Waals surface area contributed by atoms with Crippen LogP contribution in [0.4, 0.5) is 5.69 Å². The Morgan fingerprint density at radius 3 is 2.75 bits per heavy atom. The first-order chi connectivity index (χ1) is 13.5. The van der Waals surface area contributed by atoms with E-state index in [0.717, 1.165) is 29.3 Å². The number of nitrogens with one attached hydrogen (secondary N) is 2. The van der Waals surface area contributed by atoms with E-state index in [4.69, 9.17) is 4.74 Å². The molecule has 0 spiro atoms. The minimum absolute atomic E-state index is 0.312. The number of fused-ring (bicyclic) bond motifs is 3. The second-order valence-corrected chi connectivity index (χ2v) is 7.68. The van der Waals surface area contributed by atoms with Crippen molar-refractivity contribution in [3.63, 3.8) is 0 Å². The number of esters is 1. The summed E-state index contributed by atoms with van der Waals surface area (Å²) in [6.07, 6.45) is 3.25. The summed E-state index contributed by atoms with van der Waals surface area (Å²) in [5.41, 5.74) is 5.89. The van der Waals surface area contributed by atoms with Crippen LogP contribution in [0.25, 0.3) is 10.9 Å². The molecule has 0 unspecified atom stereocenters. The summed E-state index contributed by atoms with van der Waals surface area (Å²) in [6, 6.07) is 13.0. The minimum Gasteiger partial charge on any atom is -0.452 e. The predicted octanol–water partition coefficient (Wildman–Crippen LogP) is 4.40. The number of carbonyl (C=O) groups excluding carboxylic acids is 2. The molecule has 5 nitrogen and oxygen atoms in total. The number of benzene rings is 2. The van der Waals surface area contributed by atoms with Gasteiger partial charge in [0.2, 0.25) is 0 Å². The summed E-state index contributed by atoms with van der Waals surface area (Å²) in [5.74, 6) is -0.196. The van der Waals surface area contributed by atoms with E-state index in [1.165, 1.54) is 17.7 Å². The molecule has 0 bridgehead atoms. The van der Waals surface area contributed by atoms with Crippen molar-refractivity contribution >= 4 is 28.5 Å². The quantitative estimate of drug-likeness (QED) is 0.663. The van der Waals surface area contributed by atoms with Crippen LogP contribution < -0.4 is 5.32 Å². The van der Waals surface area contributed by atoms with Crippen molar-refractivity contribution < 1.29 is 14.3 Å². The highest BCUT2D eigenvalue weighted by atomic mass is 16.5. The van der Waals surface area contributed by atoms with Crippen LogP contribution in [0.3, 0.4) is 0 Å². The number of ether oxygens (including phenoxy) is 1. The lowest BCUT2D eigenvalue weighted by Gasteiger charge is -2.18. The number of anilines is 1. The lowest BCUT2D eigenvalue weighted by Crippen LogP contribution is -2.20. The molecule has 3 aromatic rings. The Bertz CT molecular complexity index is 1030. The molecule has 28 heavy (non-hydrogen) atoms. The van der Waals surface area contributed by atoms with E-state index in [-0.39, 0.29) is 12.5 Å². The van der Waals surface area contributed by atoms with E-state index >= 15 is 0 Å². The number of amides is 1. The minimum atomic E-state index is -0.486. The Morgan fingerprint density at radius 2 is 1.96 bits per heavy atom. The number of aryl methyl sites for hydroxylation is 2. The molecule has 1 heterocycles. The smallest absolute Gasteiger partial charge is 0.338 e. The van der Waals surface area contributed by atoms with Crippen LogP contribution in [0.15, 0.2) is 42.5 Å². The van der Waals surface area contributed by atoms with Crippen molar-refractivity contribution in [2.45, 2.75) is 33.1 Å². The normalized spacial score (nSPS) is 15.9. The fourth-order valence-electron chi connectivity index (χ4n) is 3.77. The molecule has 2 aromatic carbocycles. The summed E-state index contributed by atoms with van der Waals surface area (Å²) in [6.45, 7) is 3.92. The van der Waals surface area contributed by atoms with Crippen molar-refractivity contribution in [2.24, 2.45) is 5.92 Å². The van der Waals surface area contributed by atoms with Crippen molar-refractivity contribution in [3.8, 4) is 0 Å². The van der Waals surface area contributed by atoms with Gasteiger partial charge < -0.3 is 15.0 Å². The van der Waals surface area contributed by atoms with Crippen molar-refractivity contribution in [1.29, 1.82) is 0 Å². The second-order valence-electron chi connectivity index (χ2n) is 7.68. The number of hydrogen-bond acceptors (Lipinski definition) is 3. The van der Waals surface area contributed by atoms with Crippen LogP contribution in [0.1, 0.15) is 40.5 Å². The summed E-state index contributed by atoms with van der Waals surface area (Å²) >= 11 is 0. The maximum Gasteiger partial charge on any atom is 0.338 e. The molecule has 0 fully saturated rings. The standard InChI is InChI=1S/C23H24N2O3/c1-14-3-7-17(8-4-14)24-22(26)13-28-23(27)16-6-10-21-19(12-16)18-11-15(2)5-9-20(18)25-21/h3-4,6-8,10,12,15,25H,5,9,11,13H2,1-2H3,(H,24,26)/t15-/m1/s1. The first-order valence-electron chi connectivity index (χ1n) is 9.66. The zero-order valence-corrected chi connectivity index (χ0v) is 16.2. The van der Waals surface area contributed by atoms with E-state index in [2.05, 4.69) is 17.2 Å². The van der Waals surface area contributed by atoms with Crippen molar-refractivity contribution in [3.05, 3.63) is 64.8 Å². The van der Waals surface area contributed by atoms with E-state index in [1.54, 1.807) is 6.07 Å². The van der Waals surface area contributed by atoms with Gasteiger partial charge in [-0.2, -0.15) is 0 Å². The third-order valence-electron chi connectivity index (χ3n) is 5.34. The molecule has 0 saturated heterocycles. The van der Waals surface area contributed by atoms with Crippen LogP contribution in [0, 0.1) is 12.8 Å². The summed E-state index contributed by atoms with van der Waals surface area (Å²) in [7, 11) is 0. The van der Waals surface area contributed by atoms with Gasteiger partial charge in [0.25, 0.3) is 5.91 Å². The molecule has 1 amide bonds. The van der Waals surface area contributed by atoms with Crippen LogP contribution >= 0.6 is 0 Å². The third kappa shape index (κ3) is 3.79. The van der Waals surface area contributed by atoms with Crippen LogP contribution in [0.5, 0.6) is 0 Å². The zero-order valence-electron chi connectivity index (χ0n) is 16.2. The molecule has 0 saturated carbocycles. The molecule has 1 aliphatic rings. The second kappa shape index (κ2) is 7.50. The monoisotopic (exact) mass is 376 g/mol. The summed E-state index contributed by atoms with van der Waals surface area (Å²) in [4.78, 5) is 27.9. The number of rotatable bonds is 4. The average molecular weight is 376 g/mol. The molecular formula is C23H24N2O3.